The molecular weight excluding hydrogens is 535 g/mol. The number of anilines is 1. The molecule has 10 heteroatoms. The van der Waals surface area contributed by atoms with E-state index in [-0.39, 0.29) is 47.6 Å². The second-order valence-corrected chi connectivity index (χ2v) is 11.6. The van der Waals surface area contributed by atoms with Gasteiger partial charge in [-0.15, -0.1) is 24.0 Å². The SMILES string of the molecule is CCS(=O)C1CCCC(NC(=NC)NCCS(=O)(=O)N2CCc3ccccc32)C1.I. The van der Waals surface area contributed by atoms with E-state index in [2.05, 4.69) is 15.6 Å². The first kappa shape index (κ1) is 25.4. The summed E-state index contributed by atoms with van der Waals surface area (Å²) in [5.41, 5.74) is 1.88. The molecule has 1 aromatic rings. The van der Waals surface area contributed by atoms with Gasteiger partial charge in [-0.05, 0) is 37.3 Å². The van der Waals surface area contributed by atoms with Crippen molar-refractivity contribution in [1.29, 1.82) is 0 Å². The van der Waals surface area contributed by atoms with Crippen LogP contribution in [-0.2, 0) is 27.2 Å². The molecule has 1 saturated carbocycles. The van der Waals surface area contributed by atoms with Crippen molar-refractivity contribution in [1.82, 2.24) is 10.6 Å². The lowest BCUT2D eigenvalue weighted by molar-refractivity contribution is 0.414. The maximum absolute atomic E-state index is 12.8. The Morgan fingerprint density at radius 3 is 2.80 bits per heavy atom. The van der Waals surface area contributed by atoms with Crippen LogP contribution in [0.15, 0.2) is 29.3 Å². The van der Waals surface area contributed by atoms with E-state index < -0.39 is 20.8 Å². The van der Waals surface area contributed by atoms with Crippen molar-refractivity contribution in [3.8, 4) is 0 Å². The quantitative estimate of drug-likeness (QED) is 0.299. The van der Waals surface area contributed by atoms with Crippen LogP contribution < -0.4 is 14.9 Å². The van der Waals surface area contributed by atoms with Crippen LogP contribution in [0.25, 0.3) is 0 Å². The van der Waals surface area contributed by atoms with Crippen molar-refractivity contribution in [2.75, 3.05) is 35.9 Å². The normalized spacial score (nSPS) is 22.7. The lowest BCUT2D eigenvalue weighted by atomic mass is 9.95. The molecule has 0 aromatic heterocycles. The fraction of sp³-hybridized carbons (Fsp3) is 0.650. The standard InChI is InChI=1S/C20H32N4O3S2.HI/c1-3-28(25)18-9-6-8-17(15-18)23-20(21-2)22-12-14-29(26,27)24-13-11-16-7-4-5-10-19(16)24;/h4-5,7,10,17-18H,3,6,8-9,11-15H2,1-2H3,(H2,21,22,23);1H. The zero-order chi connectivity index (χ0) is 20.9. The van der Waals surface area contributed by atoms with Gasteiger partial charge in [-0.1, -0.05) is 31.5 Å². The van der Waals surface area contributed by atoms with E-state index in [0.717, 1.165) is 43.4 Å². The van der Waals surface area contributed by atoms with E-state index in [1.54, 1.807) is 7.05 Å². The van der Waals surface area contributed by atoms with Gasteiger partial charge in [-0.25, -0.2) is 8.42 Å². The lowest BCUT2D eigenvalue weighted by Crippen LogP contribution is -2.48. The van der Waals surface area contributed by atoms with Crippen molar-refractivity contribution >= 4 is 56.4 Å². The Hall–Kier alpha value is -0.880. The molecule has 3 rings (SSSR count). The third kappa shape index (κ3) is 6.32. The number of para-hydroxylation sites is 1. The summed E-state index contributed by atoms with van der Waals surface area (Å²) in [5.74, 6) is 1.31. The molecule has 3 atom stereocenters. The molecule has 1 aliphatic heterocycles. The Kier molecular flexibility index (Phi) is 9.86. The summed E-state index contributed by atoms with van der Waals surface area (Å²) in [7, 11) is -2.47. The maximum atomic E-state index is 12.8. The molecular formula is C20H33IN4O3S2. The van der Waals surface area contributed by atoms with Crippen LogP contribution >= 0.6 is 24.0 Å². The summed E-state index contributed by atoms with van der Waals surface area (Å²) in [4.78, 5) is 4.24. The number of nitrogens with one attached hydrogen (secondary N) is 2. The van der Waals surface area contributed by atoms with Gasteiger partial charge in [0.1, 0.15) is 0 Å². The fourth-order valence-corrected chi connectivity index (χ4v) is 6.92. The summed E-state index contributed by atoms with van der Waals surface area (Å²) in [6.45, 7) is 2.76. The van der Waals surface area contributed by atoms with E-state index >= 15 is 0 Å². The van der Waals surface area contributed by atoms with E-state index in [1.807, 2.05) is 31.2 Å². The zero-order valence-electron chi connectivity index (χ0n) is 17.7. The molecule has 0 bridgehead atoms. The Balaban J connectivity index is 0.00000320. The molecule has 0 saturated heterocycles. The van der Waals surface area contributed by atoms with Gasteiger partial charge in [0.05, 0.1) is 11.4 Å². The predicted octanol–water partition coefficient (Wildman–Crippen LogP) is 2.24. The van der Waals surface area contributed by atoms with Crippen LogP contribution in [0.1, 0.15) is 38.2 Å². The highest BCUT2D eigenvalue weighted by atomic mass is 127. The zero-order valence-corrected chi connectivity index (χ0v) is 21.6. The van der Waals surface area contributed by atoms with E-state index in [4.69, 9.17) is 0 Å². The minimum Gasteiger partial charge on any atom is -0.355 e. The highest BCUT2D eigenvalue weighted by Crippen LogP contribution is 2.29. The highest BCUT2D eigenvalue weighted by Gasteiger charge is 2.29. The number of hydrogen-bond donors (Lipinski definition) is 2. The topological polar surface area (TPSA) is 90.9 Å². The van der Waals surface area contributed by atoms with E-state index in [0.29, 0.717) is 18.3 Å². The molecule has 0 spiro atoms. The molecule has 30 heavy (non-hydrogen) atoms. The summed E-state index contributed by atoms with van der Waals surface area (Å²) in [5, 5.41) is 6.75. The highest BCUT2D eigenvalue weighted by molar-refractivity contribution is 14.0. The molecule has 1 fully saturated rings. The molecule has 2 N–H and O–H groups in total. The molecule has 3 unspecified atom stereocenters. The Bertz CT molecular complexity index is 863. The van der Waals surface area contributed by atoms with Gasteiger partial charge in [0.15, 0.2) is 5.96 Å². The molecule has 1 aliphatic carbocycles. The number of nitrogens with zero attached hydrogens (tertiary/aromatic N) is 2. The van der Waals surface area contributed by atoms with Crippen molar-refractivity contribution < 1.29 is 12.6 Å². The monoisotopic (exact) mass is 568 g/mol. The molecule has 1 aromatic carbocycles. The molecule has 7 nitrogen and oxygen atoms in total. The van der Waals surface area contributed by atoms with Gasteiger partial charge in [-0.3, -0.25) is 13.5 Å². The van der Waals surface area contributed by atoms with Gasteiger partial charge < -0.3 is 10.6 Å². The van der Waals surface area contributed by atoms with Crippen molar-refractivity contribution in [2.24, 2.45) is 4.99 Å². The third-order valence-corrected chi connectivity index (χ3v) is 9.19. The van der Waals surface area contributed by atoms with Crippen molar-refractivity contribution in [3.05, 3.63) is 29.8 Å². The average Bonchev–Trinajstić information content (AvgIpc) is 3.17. The second-order valence-electron chi connectivity index (χ2n) is 7.57. The van der Waals surface area contributed by atoms with Gasteiger partial charge in [0, 0.05) is 48.0 Å². The lowest BCUT2D eigenvalue weighted by Gasteiger charge is -2.30. The Morgan fingerprint density at radius 2 is 2.07 bits per heavy atom. The second kappa shape index (κ2) is 11.7. The summed E-state index contributed by atoms with van der Waals surface area (Å²) >= 11 is 0. The fourth-order valence-electron chi connectivity index (χ4n) is 4.14. The largest absolute Gasteiger partial charge is 0.355 e. The van der Waals surface area contributed by atoms with Gasteiger partial charge in [0.25, 0.3) is 0 Å². The molecule has 2 aliphatic rings. The number of benzene rings is 1. The maximum Gasteiger partial charge on any atom is 0.236 e. The summed E-state index contributed by atoms with van der Waals surface area (Å²) in [6, 6.07) is 7.89. The van der Waals surface area contributed by atoms with Crippen LogP contribution in [0.5, 0.6) is 0 Å². The third-order valence-electron chi connectivity index (χ3n) is 5.68. The number of aliphatic imine (C=N–C) groups is 1. The summed E-state index contributed by atoms with van der Waals surface area (Å²) in [6.07, 6.45) is 4.70. The minimum absolute atomic E-state index is 0. The van der Waals surface area contributed by atoms with E-state index in [9.17, 15) is 12.6 Å². The van der Waals surface area contributed by atoms with Gasteiger partial charge >= 0.3 is 0 Å². The van der Waals surface area contributed by atoms with Crippen LogP contribution in [0, 0.1) is 0 Å². The Labute approximate surface area is 200 Å². The number of sulfonamides is 1. The number of halogens is 1. The van der Waals surface area contributed by atoms with Crippen molar-refractivity contribution in [2.45, 2.75) is 50.3 Å². The predicted molar refractivity (Wildman–Crippen MR) is 136 cm³/mol. The smallest absolute Gasteiger partial charge is 0.236 e. The van der Waals surface area contributed by atoms with Gasteiger partial charge in [0.2, 0.25) is 10.0 Å². The van der Waals surface area contributed by atoms with Crippen molar-refractivity contribution in [3.63, 3.8) is 0 Å². The number of fused-ring (bicyclic) bond motifs is 1. The first-order valence-corrected chi connectivity index (χ1v) is 13.4. The van der Waals surface area contributed by atoms with E-state index in [1.165, 1.54) is 4.31 Å². The first-order valence-electron chi connectivity index (χ1n) is 10.4. The summed E-state index contributed by atoms with van der Waals surface area (Å²) < 4.78 is 39.2. The molecule has 0 amide bonds. The molecule has 0 radical (unpaired) electrons. The van der Waals surface area contributed by atoms with Crippen LogP contribution in [0.3, 0.4) is 0 Å². The Morgan fingerprint density at radius 1 is 1.30 bits per heavy atom. The number of rotatable bonds is 7. The van der Waals surface area contributed by atoms with Crippen LogP contribution in [0.4, 0.5) is 5.69 Å². The van der Waals surface area contributed by atoms with Crippen LogP contribution in [-0.4, -0.2) is 61.5 Å². The molecule has 170 valence electrons. The number of hydrogen-bond acceptors (Lipinski definition) is 4. The minimum atomic E-state index is -3.39. The van der Waals surface area contributed by atoms with Gasteiger partial charge in [-0.2, -0.15) is 0 Å². The average molecular weight is 569 g/mol. The number of guanidine groups is 1. The van der Waals surface area contributed by atoms with Crippen LogP contribution in [0.2, 0.25) is 0 Å². The first-order chi connectivity index (χ1) is 13.9. The molecule has 1 heterocycles.